The average molecular weight is 367 g/mol. The summed E-state index contributed by atoms with van der Waals surface area (Å²) in [4.78, 5) is 16.9. The second-order valence-electron chi connectivity index (χ2n) is 6.51. The summed E-state index contributed by atoms with van der Waals surface area (Å²) in [6.45, 7) is 0.108. The largest absolute Gasteiger partial charge is 0.347 e. The molecule has 1 fully saturated rings. The molecule has 132 valence electrons. The first-order valence-electron chi connectivity index (χ1n) is 8.69. The predicted molar refractivity (Wildman–Crippen MR) is 101 cm³/mol. The van der Waals surface area contributed by atoms with E-state index in [1.807, 2.05) is 36.4 Å². The van der Waals surface area contributed by atoms with Crippen molar-refractivity contribution in [2.75, 3.05) is 0 Å². The normalized spacial score (nSPS) is 14.8. The lowest BCUT2D eigenvalue weighted by molar-refractivity contribution is -0.122. The van der Waals surface area contributed by atoms with Crippen LogP contribution in [0.2, 0.25) is 5.02 Å². The van der Waals surface area contributed by atoms with E-state index in [-0.39, 0.29) is 18.5 Å². The highest BCUT2D eigenvalue weighted by atomic mass is 35.5. The van der Waals surface area contributed by atoms with Crippen LogP contribution in [-0.2, 0) is 11.3 Å². The maximum atomic E-state index is 12.7. The van der Waals surface area contributed by atoms with Gasteiger partial charge in [-0.2, -0.15) is 5.10 Å². The first-order chi connectivity index (χ1) is 12.7. The first-order valence-corrected chi connectivity index (χ1v) is 9.07. The number of aromatic nitrogens is 3. The van der Waals surface area contributed by atoms with Crippen molar-refractivity contribution in [3.05, 3.63) is 71.5 Å². The van der Waals surface area contributed by atoms with Gasteiger partial charge in [-0.05, 0) is 36.5 Å². The van der Waals surface area contributed by atoms with Crippen LogP contribution in [0.3, 0.4) is 0 Å². The molecule has 26 heavy (non-hydrogen) atoms. The fraction of sp³-hybridized carbons (Fsp3) is 0.250. The number of benzene rings is 2. The Hall–Kier alpha value is -2.66. The Morgan fingerprint density at radius 3 is 2.62 bits per heavy atom. The molecule has 0 bridgehead atoms. The van der Waals surface area contributed by atoms with Crippen LogP contribution in [0.25, 0.3) is 11.4 Å². The number of carbonyl (C=O) groups is 1. The summed E-state index contributed by atoms with van der Waals surface area (Å²) in [6, 6.07) is 17.6. The van der Waals surface area contributed by atoms with E-state index in [1.54, 1.807) is 10.7 Å². The van der Waals surface area contributed by atoms with Crippen molar-refractivity contribution in [3.63, 3.8) is 0 Å². The standard InChI is InChI=1S/C20H19ClN4O/c21-17-9-5-4-8-16(17)20-22-13-23-25(20)12-18(26)24-19(15-10-11-15)14-6-2-1-3-7-14/h1-9,13,15,19H,10-12H2,(H,24,26). The Morgan fingerprint density at radius 1 is 1.15 bits per heavy atom. The summed E-state index contributed by atoms with van der Waals surface area (Å²) < 4.78 is 1.59. The minimum atomic E-state index is -0.0791. The van der Waals surface area contributed by atoms with Gasteiger partial charge in [-0.25, -0.2) is 9.67 Å². The van der Waals surface area contributed by atoms with Crippen LogP contribution in [-0.4, -0.2) is 20.7 Å². The number of amides is 1. The van der Waals surface area contributed by atoms with Gasteiger partial charge >= 0.3 is 0 Å². The van der Waals surface area contributed by atoms with E-state index in [9.17, 15) is 4.79 Å². The van der Waals surface area contributed by atoms with Gasteiger partial charge in [0.05, 0.1) is 11.1 Å². The molecular formula is C20H19ClN4O. The number of rotatable bonds is 6. The molecule has 1 saturated carbocycles. The molecule has 3 aromatic rings. The molecule has 1 aliphatic carbocycles. The van der Waals surface area contributed by atoms with Crippen molar-refractivity contribution in [2.45, 2.75) is 25.4 Å². The van der Waals surface area contributed by atoms with Crippen molar-refractivity contribution in [3.8, 4) is 11.4 Å². The second-order valence-corrected chi connectivity index (χ2v) is 6.92. The zero-order valence-corrected chi connectivity index (χ0v) is 14.9. The van der Waals surface area contributed by atoms with Crippen molar-refractivity contribution in [1.29, 1.82) is 0 Å². The van der Waals surface area contributed by atoms with E-state index in [4.69, 9.17) is 11.6 Å². The third kappa shape index (κ3) is 3.63. The van der Waals surface area contributed by atoms with Crippen LogP contribution < -0.4 is 5.32 Å². The summed E-state index contributed by atoms with van der Waals surface area (Å²) in [5.41, 5.74) is 1.91. The Morgan fingerprint density at radius 2 is 1.88 bits per heavy atom. The van der Waals surface area contributed by atoms with Gasteiger partial charge in [-0.1, -0.05) is 54.1 Å². The molecule has 0 spiro atoms. The van der Waals surface area contributed by atoms with Gasteiger partial charge in [0.25, 0.3) is 0 Å². The highest BCUT2D eigenvalue weighted by Gasteiger charge is 2.33. The lowest BCUT2D eigenvalue weighted by Gasteiger charge is -2.19. The average Bonchev–Trinajstić information content (AvgIpc) is 3.40. The molecule has 1 amide bonds. The monoisotopic (exact) mass is 366 g/mol. The van der Waals surface area contributed by atoms with Crippen LogP contribution in [0.1, 0.15) is 24.4 Å². The van der Waals surface area contributed by atoms with E-state index < -0.39 is 0 Å². The number of carbonyl (C=O) groups excluding carboxylic acids is 1. The van der Waals surface area contributed by atoms with Gasteiger partial charge in [-0.3, -0.25) is 4.79 Å². The molecule has 1 aromatic heterocycles. The second kappa shape index (κ2) is 7.30. The maximum absolute atomic E-state index is 12.7. The number of nitrogens with zero attached hydrogens (tertiary/aromatic N) is 3. The van der Waals surface area contributed by atoms with Crippen LogP contribution in [0.15, 0.2) is 60.9 Å². The molecule has 0 saturated heterocycles. The van der Waals surface area contributed by atoms with E-state index in [0.29, 0.717) is 16.8 Å². The third-order valence-electron chi connectivity index (χ3n) is 4.59. The summed E-state index contributed by atoms with van der Waals surface area (Å²) in [6.07, 6.45) is 3.74. The van der Waals surface area contributed by atoms with Crippen LogP contribution >= 0.6 is 11.6 Å². The zero-order chi connectivity index (χ0) is 17.9. The van der Waals surface area contributed by atoms with Gasteiger partial charge < -0.3 is 5.32 Å². The summed E-state index contributed by atoms with van der Waals surface area (Å²) in [5, 5.41) is 7.95. The molecule has 0 aliphatic heterocycles. The Bertz CT molecular complexity index is 905. The van der Waals surface area contributed by atoms with Crippen molar-refractivity contribution < 1.29 is 4.79 Å². The predicted octanol–water partition coefficient (Wildman–Crippen LogP) is 3.87. The van der Waals surface area contributed by atoms with Gasteiger partial charge in [-0.15, -0.1) is 0 Å². The smallest absolute Gasteiger partial charge is 0.242 e. The molecule has 1 aliphatic rings. The van der Waals surface area contributed by atoms with E-state index >= 15 is 0 Å². The van der Waals surface area contributed by atoms with Gasteiger partial charge in [0.2, 0.25) is 5.91 Å². The molecule has 6 heteroatoms. The number of hydrogen-bond donors (Lipinski definition) is 1. The number of nitrogens with one attached hydrogen (secondary N) is 1. The molecule has 2 aromatic carbocycles. The summed E-state index contributed by atoms with van der Waals surface area (Å²) >= 11 is 6.26. The van der Waals surface area contributed by atoms with Gasteiger partial charge in [0.1, 0.15) is 12.9 Å². The van der Waals surface area contributed by atoms with Crippen molar-refractivity contribution in [1.82, 2.24) is 20.1 Å². The quantitative estimate of drug-likeness (QED) is 0.720. The number of halogens is 1. The van der Waals surface area contributed by atoms with Crippen LogP contribution in [0, 0.1) is 5.92 Å². The Balaban J connectivity index is 1.51. The summed E-state index contributed by atoms with van der Waals surface area (Å²) in [7, 11) is 0. The highest BCUT2D eigenvalue weighted by molar-refractivity contribution is 6.33. The minimum absolute atomic E-state index is 0.0518. The van der Waals surface area contributed by atoms with Gasteiger partial charge in [0.15, 0.2) is 5.82 Å². The minimum Gasteiger partial charge on any atom is -0.347 e. The Kier molecular flexibility index (Phi) is 4.71. The molecule has 1 N–H and O–H groups in total. The van der Waals surface area contributed by atoms with E-state index in [2.05, 4.69) is 27.5 Å². The van der Waals surface area contributed by atoms with E-state index in [1.165, 1.54) is 6.33 Å². The Labute approximate surface area is 157 Å². The fourth-order valence-electron chi connectivity index (χ4n) is 3.15. The first kappa shape index (κ1) is 16.8. The van der Waals surface area contributed by atoms with Crippen molar-refractivity contribution >= 4 is 17.5 Å². The zero-order valence-electron chi connectivity index (χ0n) is 14.2. The highest BCUT2D eigenvalue weighted by Crippen LogP contribution is 2.40. The molecule has 1 atom stereocenters. The van der Waals surface area contributed by atoms with Crippen LogP contribution in [0.5, 0.6) is 0 Å². The SMILES string of the molecule is O=C(Cn1ncnc1-c1ccccc1Cl)NC(c1ccccc1)C1CC1. The van der Waals surface area contributed by atoms with Gasteiger partial charge in [0, 0.05) is 5.56 Å². The lowest BCUT2D eigenvalue weighted by atomic mass is 10.0. The molecule has 0 radical (unpaired) electrons. The number of hydrogen-bond acceptors (Lipinski definition) is 3. The third-order valence-corrected chi connectivity index (χ3v) is 4.92. The lowest BCUT2D eigenvalue weighted by Crippen LogP contribution is -2.33. The van der Waals surface area contributed by atoms with Crippen molar-refractivity contribution in [2.24, 2.45) is 5.92 Å². The van der Waals surface area contributed by atoms with E-state index in [0.717, 1.165) is 24.0 Å². The molecule has 5 nitrogen and oxygen atoms in total. The molecular weight excluding hydrogens is 348 g/mol. The fourth-order valence-corrected chi connectivity index (χ4v) is 3.37. The van der Waals surface area contributed by atoms with Crippen LogP contribution in [0.4, 0.5) is 0 Å². The molecule has 1 heterocycles. The maximum Gasteiger partial charge on any atom is 0.242 e. The topological polar surface area (TPSA) is 59.8 Å². The molecule has 1 unspecified atom stereocenters. The summed E-state index contributed by atoms with van der Waals surface area (Å²) in [5.74, 6) is 1.03. The molecule has 4 rings (SSSR count).